The van der Waals surface area contributed by atoms with E-state index in [0.717, 1.165) is 6.42 Å². The van der Waals surface area contributed by atoms with Gasteiger partial charge in [-0.2, -0.15) is 0 Å². The summed E-state index contributed by atoms with van der Waals surface area (Å²) in [6.45, 7) is 4.42. The van der Waals surface area contributed by atoms with E-state index in [4.69, 9.17) is 4.74 Å². The van der Waals surface area contributed by atoms with Gasteiger partial charge in [-0.3, -0.25) is 0 Å². The van der Waals surface area contributed by atoms with Crippen molar-refractivity contribution < 1.29 is 4.74 Å². The van der Waals surface area contributed by atoms with E-state index in [9.17, 15) is 0 Å². The number of rotatable bonds is 8. The van der Waals surface area contributed by atoms with E-state index in [0.29, 0.717) is 17.7 Å². The summed E-state index contributed by atoms with van der Waals surface area (Å²) in [6.07, 6.45) is 9.38. The molecule has 17 heavy (non-hydrogen) atoms. The molecule has 0 aliphatic heterocycles. The Morgan fingerprint density at radius 2 is 1.88 bits per heavy atom. The van der Waals surface area contributed by atoms with Gasteiger partial charge in [-0.25, -0.2) is 9.97 Å². The topological polar surface area (TPSA) is 47.0 Å². The molecule has 0 saturated carbocycles. The summed E-state index contributed by atoms with van der Waals surface area (Å²) < 4.78 is 5.03. The van der Waals surface area contributed by atoms with Crippen molar-refractivity contribution in [3.63, 3.8) is 0 Å². The fraction of sp³-hybridized carbons (Fsp3) is 0.692. The highest BCUT2D eigenvalue weighted by Gasteiger charge is 2.08. The summed E-state index contributed by atoms with van der Waals surface area (Å²) in [5.41, 5.74) is 0. The van der Waals surface area contributed by atoms with Gasteiger partial charge < -0.3 is 10.1 Å². The highest BCUT2D eigenvalue weighted by molar-refractivity contribution is 5.28. The first-order valence-electron chi connectivity index (χ1n) is 6.42. The Balaban J connectivity index is 2.51. The normalized spacial score (nSPS) is 12.2. The molecule has 1 aromatic rings. The molecule has 0 aromatic carbocycles. The van der Waals surface area contributed by atoms with Crippen LogP contribution in [0.15, 0.2) is 12.4 Å². The van der Waals surface area contributed by atoms with Crippen LogP contribution in [-0.4, -0.2) is 23.1 Å². The summed E-state index contributed by atoms with van der Waals surface area (Å²) in [7, 11) is 1.62. The van der Waals surface area contributed by atoms with Crippen LogP contribution in [0.2, 0.25) is 0 Å². The molecule has 1 aromatic heterocycles. The Morgan fingerprint density at radius 3 is 2.41 bits per heavy atom. The van der Waals surface area contributed by atoms with Gasteiger partial charge in [-0.1, -0.05) is 33.1 Å². The zero-order chi connectivity index (χ0) is 12.5. The van der Waals surface area contributed by atoms with Crippen LogP contribution in [0.4, 0.5) is 5.95 Å². The van der Waals surface area contributed by atoms with Gasteiger partial charge in [0.05, 0.1) is 19.5 Å². The molecule has 0 aliphatic carbocycles. The number of hydrogen-bond acceptors (Lipinski definition) is 4. The van der Waals surface area contributed by atoms with Gasteiger partial charge in [0, 0.05) is 6.04 Å². The number of anilines is 1. The third-order valence-electron chi connectivity index (χ3n) is 2.74. The standard InChI is InChI=1S/C13H23N3O/c1-4-6-8-11(7-5-2)16-13-14-9-12(17-3)10-15-13/h9-11H,4-8H2,1-3H3,(H,14,15,16). The molecule has 1 atom stereocenters. The maximum atomic E-state index is 5.03. The minimum atomic E-state index is 0.480. The van der Waals surface area contributed by atoms with Crippen LogP contribution < -0.4 is 10.1 Å². The first-order chi connectivity index (χ1) is 8.30. The molecule has 1 N–H and O–H groups in total. The zero-order valence-corrected chi connectivity index (χ0v) is 11.1. The van der Waals surface area contributed by atoms with Crippen molar-refractivity contribution in [1.29, 1.82) is 0 Å². The molecule has 4 nitrogen and oxygen atoms in total. The van der Waals surface area contributed by atoms with Gasteiger partial charge >= 0.3 is 0 Å². The molecule has 0 bridgehead atoms. The molecule has 1 unspecified atom stereocenters. The van der Waals surface area contributed by atoms with E-state index in [1.807, 2.05) is 0 Å². The Labute approximate surface area is 104 Å². The van der Waals surface area contributed by atoms with Crippen LogP contribution in [0, 0.1) is 0 Å². The van der Waals surface area contributed by atoms with E-state index >= 15 is 0 Å². The number of unbranched alkanes of at least 4 members (excludes halogenated alkanes) is 1. The van der Waals surface area contributed by atoms with E-state index in [1.54, 1.807) is 19.5 Å². The predicted molar refractivity (Wildman–Crippen MR) is 70.4 cm³/mol. The molecule has 1 heterocycles. The average molecular weight is 237 g/mol. The Bertz CT molecular complexity index is 300. The maximum Gasteiger partial charge on any atom is 0.223 e. The number of ether oxygens (including phenoxy) is 1. The lowest BCUT2D eigenvalue weighted by Gasteiger charge is -2.17. The van der Waals surface area contributed by atoms with Crippen LogP contribution in [-0.2, 0) is 0 Å². The summed E-state index contributed by atoms with van der Waals surface area (Å²) in [5, 5.41) is 3.39. The van der Waals surface area contributed by atoms with Crippen LogP contribution in [0.1, 0.15) is 46.0 Å². The second kappa shape index (κ2) is 7.87. The van der Waals surface area contributed by atoms with Crippen molar-refractivity contribution in [1.82, 2.24) is 9.97 Å². The Morgan fingerprint density at radius 1 is 1.18 bits per heavy atom. The fourth-order valence-corrected chi connectivity index (χ4v) is 1.77. The van der Waals surface area contributed by atoms with Crippen molar-refractivity contribution in [2.45, 2.75) is 52.0 Å². The van der Waals surface area contributed by atoms with Gasteiger partial charge in [-0.15, -0.1) is 0 Å². The molecule has 0 spiro atoms. The van der Waals surface area contributed by atoms with Gasteiger partial charge in [0.25, 0.3) is 0 Å². The lowest BCUT2D eigenvalue weighted by Crippen LogP contribution is -2.20. The second-order valence-corrected chi connectivity index (χ2v) is 4.22. The van der Waals surface area contributed by atoms with Gasteiger partial charge in [-0.05, 0) is 12.8 Å². The quantitative estimate of drug-likeness (QED) is 0.754. The van der Waals surface area contributed by atoms with Crippen LogP contribution in [0.3, 0.4) is 0 Å². The van der Waals surface area contributed by atoms with Crippen molar-refractivity contribution in [3.05, 3.63) is 12.4 Å². The molecule has 0 radical (unpaired) electrons. The van der Waals surface area contributed by atoms with E-state index in [2.05, 4.69) is 29.1 Å². The lowest BCUT2D eigenvalue weighted by molar-refractivity contribution is 0.410. The van der Waals surface area contributed by atoms with Crippen molar-refractivity contribution >= 4 is 5.95 Å². The molecular formula is C13H23N3O. The zero-order valence-electron chi connectivity index (χ0n) is 11.1. The summed E-state index contributed by atoms with van der Waals surface area (Å²) in [4.78, 5) is 8.46. The molecule has 1 rings (SSSR count). The fourth-order valence-electron chi connectivity index (χ4n) is 1.77. The van der Waals surface area contributed by atoms with Gasteiger partial charge in [0.15, 0.2) is 5.75 Å². The number of hydrogen-bond donors (Lipinski definition) is 1. The minimum Gasteiger partial charge on any atom is -0.494 e. The molecule has 0 saturated heterocycles. The molecule has 0 aliphatic rings. The second-order valence-electron chi connectivity index (χ2n) is 4.22. The lowest BCUT2D eigenvalue weighted by atomic mass is 10.1. The van der Waals surface area contributed by atoms with Crippen molar-refractivity contribution in [2.24, 2.45) is 0 Å². The van der Waals surface area contributed by atoms with Crippen LogP contribution >= 0.6 is 0 Å². The van der Waals surface area contributed by atoms with E-state index < -0.39 is 0 Å². The highest BCUT2D eigenvalue weighted by atomic mass is 16.5. The van der Waals surface area contributed by atoms with Crippen LogP contribution in [0.5, 0.6) is 5.75 Å². The molecule has 0 amide bonds. The number of nitrogens with zero attached hydrogens (tertiary/aromatic N) is 2. The van der Waals surface area contributed by atoms with Gasteiger partial charge in [0.1, 0.15) is 0 Å². The van der Waals surface area contributed by atoms with Gasteiger partial charge in [0.2, 0.25) is 5.95 Å². The third-order valence-corrected chi connectivity index (χ3v) is 2.74. The van der Waals surface area contributed by atoms with Crippen molar-refractivity contribution in [3.8, 4) is 5.75 Å². The largest absolute Gasteiger partial charge is 0.494 e. The Hall–Kier alpha value is -1.32. The summed E-state index contributed by atoms with van der Waals surface area (Å²) >= 11 is 0. The Kier molecular flexibility index (Phi) is 6.37. The van der Waals surface area contributed by atoms with Crippen molar-refractivity contribution in [2.75, 3.05) is 12.4 Å². The summed E-state index contributed by atoms with van der Waals surface area (Å²) in [6, 6.07) is 0.480. The predicted octanol–water partition coefficient (Wildman–Crippen LogP) is 3.26. The molecule has 96 valence electrons. The monoisotopic (exact) mass is 237 g/mol. The maximum absolute atomic E-state index is 5.03. The number of methoxy groups -OCH3 is 1. The van der Waals surface area contributed by atoms with Crippen LogP contribution in [0.25, 0.3) is 0 Å². The first kappa shape index (κ1) is 13.7. The van der Waals surface area contributed by atoms with E-state index in [1.165, 1.54) is 25.7 Å². The third kappa shape index (κ3) is 5.02. The highest BCUT2D eigenvalue weighted by Crippen LogP contribution is 2.13. The first-order valence-corrected chi connectivity index (χ1v) is 6.42. The minimum absolute atomic E-state index is 0.480. The summed E-state index contributed by atoms with van der Waals surface area (Å²) in [5.74, 6) is 1.39. The number of nitrogens with one attached hydrogen (secondary N) is 1. The smallest absolute Gasteiger partial charge is 0.223 e. The number of aromatic nitrogens is 2. The average Bonchev–Trinajstić information content (AvgIpc) is 2.37. The molecular weight excluding hydrogens is 214 g/mol. The van der Waals surface area contributed by atoms with E-state index in [-0.39, 0.29) is 0 Å². The SMILES string of the molecule is CCCCC(CCC)Nc1ncc(OC)cn1. The molecule has 4 heteroatoms. The molecule has 0 fully saturated rings.